The number of furan rings is 1. The van der Waals surface area contributed by atoms with Gasteiger partial charge in [0.05, 0.1) is 18.4 Å². The lowest BCUT2D eigenvalue weighted by Crippen LogP contribution is -2.35. The van der Waals surface area contributed by atoms with E-state index in [1.54, 1.807) is 36.4 Å². The first-order chi connectivity index (χ1) is 14.4. The highest BCUT2D eigenvalue weighted by atomic mass is 16.5. The average Bonchev–Trinajstić information content (AvgIpc) is 3.34. The Morgan fingerprint density at radius 2 is 2.03 bits per heavy atom. The number of amides is 1. The minimum atomic E-state index is -0.774. The van der Waals surface area contributed by atoms with Crippen LogP contribution >= 0.6 is 0 Å². The third-order valence-electron chi connectivity index (χ3n) is 5.01. The van der Waals surface area contributed by atoms with Crippen LogP contribution in [0.2, 0.25) is 0 Å². The Morgan fingerprint density at radius 3 is 2.70 bits per heavy atom. The number of nitrogens with zero attached hydrogens (tertiary/aromatic N) is 2. The number of hydrogen-bond acceptors (Lipinski definition) is 6. The smallest absolute Gasteiger partial charge is 0.295 e. The summed E-state index contributed by atoms with van der Waals surface area (Å²) >= 11 is 0. The van der Waals surface area contributed by atoms with Gasteiger partial charge in [-0.2, -0.15) is 0 Å². The molecule has 1 aromatic heterocycles. The van der Waals surface area contributed by atoms with Crippen LogP contribution in [0.15, 0.2) is 52.7 Å². The van der Waals surface area contributed by atoms with Crippen molar-refractivity contribution in [2.45, 2.75) is 25.8 Å². The van der Waals surface area contributed by atoms with Crippen LogP contribution in [0, 0.1) is 0 Å². The molecule has 1 fully saturated rings. The summed E-state index contributed by atoms with van der Waals surface area (Å²) in [5, 5.41) is 11.0. The number of hydrogen-bond donors (Lipinski definition) is 1. The third-order valence-corrected chi connectivity index (χ3v) is 5.01. The second kappa shape index (κ2) is 9.63. The Labute approximate surface area is 176 Å². The molecule has 1 unspecified atom stereocenters. The van der Waals surface area contributed by atoms with Crippen LogP contribution in [0.4, 0.5) is 0 Å². The van der Waals surface area contributed by atoms with Gasteiger partial charge in [0.1, 0.15) is 23.3 Å². The first-order valence-corrected chi connectivity index (χ1v) is 10.1. The molecule has 1 N–H and O–H groups in total. The summed E-state index contributed by atoms with van der Waals surface area (Å²) in [5.41, 5.74) is 0.450. The molecule has 0 radical (unpaired) electrons. The minimum absolute atomic E-state index is 0.0272. The maximum absolute atomic E-state index is 12.9. The van der Waals surface area contributed by atoms with Crippen molar-refractivity contribution >= 4 is 17.4 Å². The lowest BCUT2D eigenvalue weighted by Gasteiger charge is -2.24. The molecular formula is C23H28N2O5. The zero-order chi connectivity index (χ0) is 21.7. The van der Waals surface area contributed by atoms with E-state index in [-0.39, 0.29) is 11.3 Å². The summed E-state index contributed by atoms with van der Waals surface area (Å²) in [5.74, 6) is -0.558. The highest BCUT2D eigenvalue weighted by Gasteiger charge is 2.47. The molecule has 1 atom stereocenters. The fraction of sp³-hybridized carbons (Fsp3) is 0.391. The molecule has 1 aliphatic rings. The van der Waals surface area contributed by atoms with Crippen molar-refractivity contribution in [1.29, 1.82) is 0 Å². The third kappa shape index (κ3) is 4.57. The number of carbonyl (C=O) groups is 2. The number of ketones is 1. The molecule has 160 valence electrons. The van der Waals surface area contributed by atoms with E-state index in [2.05, 4.69) is 6.92 Å². The van der Waals surface area contributed by atoms with E-state index in [1.807, 2.05) is 19.0 Å². The molecule has 1 amide bonds. The predicted molar refractivity (Wildman–Crippen MR) is 113 cm³/mol. The van der Waals surface area contributed by atoms with Gasteiger partial charge in [-0.3, -0.25) is 9.59 Å². The van der Waals surface area contributed by atoms with E-state index in [1.165, 1.54) is 11.2 Å². The lowest BCUT2D eigenvalue weighted by atomic mass is 9.99. The normalized spacial score (nSPS) is 18.4. The Kier molecular flexibility index (Phi) is 6.95. The molecule has 30 heavy (non-hydrogen) atoms. The molecule has 0 bridgehead atoms. The molecule has 2 heterocycles. The number of carbonyl (C=O) groups excluding carboxylic acids is 2. The van der Waals surface area contributed by atoms with Crippen molar-refractivity contribution in [1.82, 2.24) is 9.80 Å². The molecule has 7 heteroatoms. The highest BCUT2D eigenvalue weighted by molar-refractivity contribution is 6.46. The first-order valence-electron chi connectivity index (χ1n) is 10.1. The first kappa shape index (κ1) is 21.6. The fourth-order valence-corrected chi connectivity index (χ4v) is 3.38. The summed E-state index contributed by atoms with van der Waals surface area (Å²) in [6, 6.07) is 9.54. The molecule has 1 saturated heterocycles. The Morgan fingerprint density at radius 1 is 1.23 bits per heavy atom. The van der Waals surface area contributed by atoms with Crippen LogP contribution in [0.5, 0.6) is 5.75 Å². The highest BCUT2D eigenvalue weighted by Crippen LogP contribution is 2.39. The minimum Gasteiger partial charge on any atom is -0.507 e. The van der Waals surface area contributed by atoms with E-state index in [9.17, 15) is 14.7 Å². The van der Waals surface area contributed by atoms with Gasteiger partial charge in [0, 0.05) is 18.7 Å². The molecule has 3 rings (SSSR count). The number of aliphatic hydroxyl groups is 1. The number of unbranched alkanes of at least 4 members (excludes halogenated alkanes) is 1. The van der Waals surface area contributed by atoms with Crippen molar-refractivity contribution < 1.29 is 23.8 Å². The summed E-state index contributed by atoms with van der Waals surface area (Å²) in [7, 11) is 3.78. The summed E-state index contributed by atoms with van der Waals surface area (Å²) in [4.78, 5) is 29.0. The Bertz CT molecular complexity index is 917. The van der Waals surface area contributed by atoms with Crippen molar-refractivity contribution in [3.8, 4) is 5.75 Å². The van der Waals surface area contributed by atoms with Gasteiger partial charge in [-0.25, -0.2) is 0 Å². The van der Waals surface area contributed by atoms with Gasteiger partial charge < -0.3 is 24.1 Å². The van der Waals surface area contributed by atoms with Gasteiger partial charge in [0.25, 0.3) is 11.7 Å². The quantitative estimate of drug-likeness (QED) is 0.294. The van der Waals surface area contributed by atoms with Gasteiger partial charge >= 0.3 is 0 Å². The number of ether oxygens (including phenoxy) is 1. The molecule has 1 aliphatic heterocycles. The monoisotopic (exact) mass is 412 g/mol. The van der Waals surface area contributed by atoms with Gasteiger partial charge in [-0.15, -0.1) is 0 Å². The molecule has 0 spiro atoms. The number of likely N-dealkylation sites (N-methyl/N-ethyl adjacent to an activating group) is 1. The molecule has 1 aromatic carbocycles. The molecule has 2 aromatic rings. The SMILES string of the molecule is CCCCOc1cccc(/C(O)=C2\C(=O)C(=O)N(CCN(C)C)C2c2ccco2)c1. The van der Waals surface area contributed by atoms with Crippen molar-refractivity contribution in [2.24, 2.45) is 0 Å². The van der Waals surface area contributed by atoms with Crippen LogP contribution < -0.4 is 4.74 Å². The van der Waals surface area contributed by atoms with Gasteiger partial charge in [-0.05, 0) is 44.8 Å². The molecule has 0 aliphatic carbocycles. The lowest BCUT2D eigenvalue weighted by molar-refractivity contribution is -0.140. The van der Waals surface area contributed by atoms with Crippen molar-refractivity contribution in [2.75, 3.05) is 33.8 Å². The zero-order valence-electron chi connectivity index (χ0n) is 17.6. The topological polar surface area (TPSA) is 83.2 Å². The zero-order valence-corrected chi connectivity index (χ0v) is 17.6. The number of Topliss-reactive ketones (excluding diaryl/α,β-unsaturated/α-hetero) is 1. The second-order valence-electron chi connectivity index (χ2n) is 7.54. The summed E-state index contributed by atoms with van der Waals surface area (Å²) in [6.45, 7) is 3.56. The van der Waals surface area contributed by atoms with Crippen LogP contribution in [0.3, 0.4) is 0 Å². The van der Waals surface area contributed by atoms with E-state index in [4.69, 9.17) is 9.15 Å². The van der Waals surface area contributed by atoms with Crippen LogP contribution in [0.1, 0.15) is 37.1 Å². The van der Waals surface area contributed by atoms with Crippen molar-refractivity contribution in [3.05, 3.63) is 59.6 Å². The number of likely N-dealkylation sites (tertiary alicyclic amines) is 1. The molecular weight excluding hydrogens is 384 g/mol. The number of rotatable bonds is 9. The Balaban J connectivity index is 2.00. The Hall–Kier alpha value is -3.06. The number of aliphatic hydroxyl groups excluding tert-OH is 1. The maximum Gasteiger partial charge on any atom is 0.295 e. The summed E-state index contributed by atoms with van der Waals surface area (Å²) < 4.78 is 11.2. The predicted octanol–water partition coefficient (Wildman–Crippen LogP) is 3.44. The van der Waals surface area contributed by atoms with Crippen LogP contribution in [0.25, 0.3) is 5.76 Å². The number of benzene rings is 1. The molecule has 7 nitrogen and oxygen atoms in total. The van der Waals surface area contributed by atoms with Crippen LogP contribution in [-0.2, 0) is 9.59 Å². The van der Waals surface area contributed by atoms with E-state index in [0.29, 0.717) is 36.8 Å². The van der Waals surface area contributed by atoms with Gasteiger partial charge in [-0.1, -0.05) is 25.5 Å². The van der Waals surface area contributed by atoms with E-state index >= 15 is 0 Å². The largest absolute Gasteiger partial charge is 0.507 e. The second-order valence-corrected chi connectivity index (χ2v) is 7.54. The van der Waals surface area contributed by atoms with Crippen LogP contribution in [-0.4, -0.2) is 60.4 Å². The van der Waals surface area contributed by atoms with E-state index < -0.39 is 17.7 Å². The van der Waals surface area contributed by atoms with Gasteiger partial charge in [0.2, 0.25) is 0 Å². The standard InChI is InChI=1S/C23H28N2O5/c1-4-5-13-29-17-9-6-8-16(15-17)21(26)19-20(18-10-7-14-30-18)25(12-11-24(2)3)23(28)22(19)27/h6-10,14-15,20,26H,4-5,11-13H2,1-3H3/b21-19+. The summed E-state index contributed by atoms with van der Waals surface area (Å²) in [6.07, 6.45) is 3.43. The average molecular weight is 412 g/mol. The fourth-order valence-electron chi connectivity index (χ4n) is 3.38. The van der Waals surface area contributed by atoms with Gasteiger partial charge in [0.15, 0.2) is 0 Å². The molecule has 0 saturated carbocycles. The van der Waals surface area contributed by atoms with Crippen molar-refractivity contribution in [3.63, 3.8) is 0 Å². The maximum atomic E-state index is 12.9. The van der Waals surface area contributed by atoms with E-state index in [0.717, 1.165) is 12.8 Å².